The van der Waals surface area contributed by atoms with Gasteiger partial charge in [-0.1, -0.05) is 23.8 Å². The van der Waals surface area contributed by atoms with Crippen LogP contribution in [0.15, 0.2) is 42.3 Å². The minimum Gasteiger partial charge on any atom is -0.321 e. The smallest absolute Gasteiger partial charge is 0.274 e. The van der Waals surface area contributed by atoms with Crippen molar-refractivity contribution in [2.24, 2.45) is 11.8 Å². The fourth-order valence-corrected chi connectivity index (χ4v) is 3.14. The van der Waals surface area contributed by atoms with E-state index >= 15 is 0 Å². The van der Waals surface area contributed by atoms with E-state index in [-0.39, 0.29) is 5.91 Å². The van der Waals surface area contributed by atoms with Crippen LogP contribution >= 0.6 is 11.6 Å². The molecule has 4 nitrogen and oxygen atoms in total. The lowest BCUT2D eigenvalue weighted by Crippen LogP contribution is -2.34. The average Bonchev–Trinajstić information content (AvgIpc) is 2.57. The highest BCUT2D eigenvalue weighted by Crippen LogP contribution is 2.27. The number of rotatable bonds is 3. The molecule has 1 amide bonds. The molecule has 1 aromatic rings. The van der Waals surface area contributed by atoms with Gasteiger partial charge in [-0.25, -0.2) is 4.98 Å². The van der Waals surface area contributed by atoms with E-state index in [0.29, 0.717) is 22.6 Å². The molecular weight excluding hydrogens is 298 g/mol. The number of hydrogen-bond acceptors (Lipinski definition) is 3. The number of carbonyl (C=O) groups is 1. The summed E-state index contributed by atoms with van der Waals surface area (Å²) < 4.78 is 0. The number of carbonyl (C=O) groups excluding carboxylic acids is 1. The standard InChI is InChI=1S/C17H20ClN3O/c18-14-5-8-16(20-11-14)17(22)21-15-6-3-12(4-7-15)13-2-1-9-19-10-13/h3,5-8,11-13,19H,1-2,4,9-10H2,(H,21,22)/t12?,13-/m1/s1. The first-order valence-corrected chi connectivity index (χ1v) is 8.12. The molecule has 2 aliphatic rings. The molecule has 1 fully saturated rings. The highest BCUT2D eigenvalue weighted by Gasteiger charge is 2.22. The van der Waals surface area contributed by atoms with Gasteiger partial charge in [-0.05, 0) is 62.4 Å². The first-order chi connectivity index (χ1) is 10.7. The molecule has 2 atom stereocenters. The molecule has 0 spiro atoms. The molecule has 3 rings (SSSR count). The van der Waals surface area contributed by atoms with Gasteiger partial charge in [-0.3, -0.25) is 4.79 Å². The number of nitrogens with zero attached hydrogens (tertiary/aromatic N) is 1. The number of allylic oxidation sites excluding steroid dienone is 3. The van der Waals surface area contributed by atoms with Crippen molar-refractivity contribution in [3.63, 3.8) is 0 Å². The maximum Gasteiger partial charge on any atom is 0.274 e. The zero-order valence-electron chi connectivity index (χ0n) is 12.4. The Hall–Kier alpha value is -1.65. The van der Waals surface area contributed by atoms with Crippen LogP contribution < -0.4 is 10.6 Å². The summed E-state index contributed by atoms with van der Waals surface area (Å²) in [6.07, 6.45) is 11.3. The van der Waals surface area contributed by atoms with Gasteiger partial charge in [0.1, 0.15) is 5.69 Å². The van der Waals surface area contributed by atoms with E-state index in [1.54, 1.807) is 12.1 Å². The van der Waals surface area contributed by atoms with Gasteiger partial charge in [0, 0.05) is 11.9 Å². The van der Waals surface area contributed by atoms with E-state index in [1.165, 1.54) is 19.0 Å². The molecule has 22 heavy (non-hydrogen) atoms. The van der Waals surface area contributed by atoms with Gasteiger partial charge in [0.25, 0.3) is 5.91 Å². The lowest BCUT2D eigenvalue weighted by atomic mass is 9.82. The summed E-state index contributed by atoms with van der Waals surface area (Å²) in [7, 11) is 0. The van der Waals surface area contributed by atoms with Gasteiger partial charge in [0.15, 0.2) is 0 Å². The molecule has 0 bridgehead atoms. The Morgan fingerprint density at radius 1 is 1.41 bits per heavy atom. The molecule has 5 heteroatoms. The number of amides is 1. The van der Waals surface area contributed by atoms with Crippen LogP contribution in [0.4, 0.5) is 0 Å². The van der Waals surface area contributed by atoms with Gasteiger partial charge in [0.2, 0.25) is 0 Å². The Kier molecular flexibility index (Phi) is 4.90. The highest BCUT2D eigenvalue weighted by atomic mass is 35.5. The van der Waals surface area contributed by atoms with Crippen molar-refractivity contribution < 1.29 is 4.79 Å². The lowest BCUT2D eigenvalue weighted by molar-refractivity contribution is 0.0962. The molecule has 0 aromatic carbocycles. The van der Waals surface area contributed by atoms with E-state index in [2.05, 4.69) is 27.8 Å². The molecule has 1 aliphatic heterocycles. The summed E-state index contributed by atoms with van der Waals surface area (Å²) in [5.74, 6) is 1.07. The minimum atomic E-state index is -0.203. The van der Waals surface area contributed by atoms with Crippen molar-refractivity contribution >= 4 is 17.5 Å². The average molecular weight is 318 g/mol. The second-order valence-corrected chi connectivity index (χ2v) is 6.28. The Bertz CT molecular complexity index is 588. The predicted octanol–water partition coefficient (Wildman–Crippen LogP) is 2.92. The van der Waals surface area contributed by atoms with Crippen molar-refractivity contribution in [2.75, 3.05) is 13.1 Å². The number of hydrogen-bond donors (Lipinski definition) is 2. The second-order valence-electron chi connectivity index (χ2n) is 5.84. The number of nitrogens with one attached hydrogen (secondary N) is 2. The number of aromatic nitrogens is 1. The summed E-state index contributed by atoms with van der Waals surface area (Å²) in [6, 6.07) is 3.29. The summed E-state index contributed by atoms with van der Waals surface area (Å²) >= 11 is 5.78. The quantitative estimate of drug-likeness (QED) is 0.901. The minimum absolute atomic E-state index is 0.203. The van der Waals surface area contributed by atoms with Crippen LogP contribution in [0.5, 0.6) is 0 Å². The third-order valence-corrected chi connectivity index (χ3v) is 4.51. The fourth-order valence-electron chi connectivity index (χ4n) is 3.03. The third-order valence-electron chi connectivity index (χ3n) is 4.29. The number of halogens is 1. The van der Waals surface area contributed by atoms with Crippen LogP contribution in [0.3, 0.4) is 0 Å². The predicted molar refractivity (Wildman–Crippen MR) is 87.6 cm³/mol. The molecule has 0 radical (unpaired) electrons. The summed E-state index contributed by atoms with van der Waals surface area (Å²) in [5, 5.41) is 6.88. The SMILES string of the molecule is O=C(NC1=CCC([C@@H]2CCCNC2)C=C1)c1ccc(Cl)cn1. The van der Waals surface area contributed by atoms with Crippen molar-refractivity contribution in [1.29, 1.82) is 0 Å². The van der Waals surface area contributed by atoms with Crippen LogP contribution in [0.2, 0.25) is 5.02 Å². The molecule has 0 saturated carbocycles. The Labute approximate surface area is 135 Å². The maximum atomic E-state index is 12.1. The van der Waals surface area contributed by atoms with Crippen LogP contribution in [0, 0.1) is 11.8 Å². The first kappa shape index (κ1) is 15.3. The molecule has 2 heterocycles. The largest absolute Gasteiger partial charge is 0.321 e. The van der Waals surface area contributed by atoms with Crippen molar-refractivity contribution in [2.45, 2.75) is 19.3 Å². The monoisotopic (exact) mass is 317 g/mol. The molecule has 2 N–H and O–H groups in total. The lowest BCUT2D eigenvalue weighted by Gasteiger charge is -2.30. The van der Waals surface area contributed by atoms with Crippen LogP contribution in [0.1, 0.15) is 29.8 Å². The third kappa shape index (κ3) is 3.76. The van der Waals surface area contributed by atoms with E-state index in [4.69, 9.17) is 11.6 Å². The van der Waals surface area contributed by atoms with Crippen LogP contribution in [-0.2, 0) is 0 Å². The van der Waals surface area contributed by atoms with Gasteiger partial charge < -0.3 is 10.6 Å². The van der Waals surface area contributed by atoms with Gasteiger partial charge in [0.05, 0.1) is 5.02 Å². The van der Waals surface area contributed by atoms with Crippen molar-refractivity contribution in [3.05, 3.63) is 53.0 Å². The summed E-state index contributed by atoms with van der Waals surface area (Å²) in [5.41, 5.74) is 1.22. The molecule has 1 aliphatic carbocycles. The fraction of sp³-hybridized carbons (Fsp3) is 0.412. The van der Waals surface area contributed by atoms with Gasteiger partial charge >= 0.3 is 0 Å². The Morgan fingerprint density at radius 2 is 2.32 bits per heavy atom. The molecule has 1 aromatic heterocycles. The number of pyridine rings is 1. The van der Waals surface area contributed by atoms with E-state index < -0.39 is 0 Å². The molecule has 1 unspecified atom stereocenters. The zero-order chi connectivity index (χ0) is 15.4. The maximum absolute atomic E-state index is 12.1. The topological polar surface area (TPSA) is 54.0 Å². The van der Waals surface area contributed by atoms with Gasteiger partial charge in [-0.15, -0.1) is 0 Å². The summed E-state index contributed by atoms with van der Waals surface area (Å²) in [4.78, 5) is 16.1. The van der Waals surface area contributed by atoms with Crippen LogP contribution in [0.25, 0.3) is 0 Å². The molecule has 116 valence electrons. The molecule has 1 saturated heterocycles. The number of piperidine rings is 1. The zero-order valence-corrected chi connectivity index (χ0v) is 13.1. The summed E-state index contributed by atoms with van der Waals surface area (Å²) in [6.45, 7) is 2.23. The van der Waals surface area contributed by atoms with E-state index in [0.717, 1.165) is 25.2 Å². The first-order valence-electron chi connectivity index (χ1n) is 7.74. The second kappa shape index (κ2) is 7.07. The van der Waals surface area contributed by atoms with E-state index in [9.17, 15) is 4.79 Å². The molecular formula is C17H20ClN3O. The normalized spacial score (nSPS) is 24.7. The van der Waals surface area contributed by atoms with Crippen molar-refractivity contribution in [3.8, 4) is 0 Å². The Balaban J connectivity index is 1.56. The van der Waals surface area contributed by atoms with Crippen molar-refractivity contribution in [1.82, 2.24) is 15.6 Å². The van der Waals surface area contributed by atoms with Crippen LogP contribution in [-0.4, -0.2) is 24.0 Å². The Morgan fingerprint density at radius 3 is 2.95 bits per heavy atom. The highest BCUT2D eigenvalue weighted by molar-refractivity contribution is 6.30. The van der Waals surface area contributed by atoms with Gasteiger partial charge in [-0.2, -0.15) is 0 Å². The van der Waals surface area contributed by atoms with E-state index in [1.807, 2.05) is 6.08 Å².